The molecule has 11 heteroatoms. The molecule has 3 rings (SSSR count). The molecule has 2 aromatic rings. The molecule has 25 heavy (non-hydrogen) atoms. The van der Waals surface area contributed by atoms with Crippen LogP contribution in [-0.4, -0.2) is 67.6 Å². The number of ether oxygens (including phenoxy) is 1. The van der Waals surface area contributed by atoms with Crippen LogP contribution in [0.1, 0.15) is 0 Å². The molecule has 0 radical (unpaired) electrons. The average Bonchev–Trinajstić information content (AvgIpc) is 3.07. The molecular weight excluding hydrogens is 346 g/mol. The van der Waals surface area contributed by atoms with Crippen molar-refractivity contribution in [2.45, 2.75) is 5.03 Å². The maximum absolute atomic E-state index is 12.1. The maximum Gasteiger partial charge on any atom is 0.259 e. The van der Waals surface area contributed by atoms with Crippen LogP contribution in [0.25, 0.3) is 0 Å². The molecule has 0 bridgehead atoms. The Morgan fingerprint density at radius 3 is 2.80 bits per heavy atom. The first-order valence-corrected chi connectivity index (χ1v) is 9.40. The Hall–Kier alpha value is -2.24. The van der Waals surface area contributed by atoms with Crippen molar-refractivity contribution in [3.05, 3.63) is 24.8 Å². The Kier molecular flexibility index (Phi) is 5.46. The van der Waals surface area contributed by atoms with E-state index in [1.165, 1.54) is 12.5 Å². The summed E-state index contributed by atoms with van der Waals surface area (Å²) in [6.07, 6.45) is 4.60. The summed E-state index contributed by atoms with van der Waals surface area (Å²) in [7, 11) is -1.88. The second-order valence-corrected chi connectivity index (χ2v) is 7.31. The minimum absolute atomic E-state index is 0.00380. The van der Waals surface area contributed by atoms with E-state index in [0.29, 0.717) is 25.6 Å². The van der Waals surface area contributed by atoms with Gasteiger partial charge in [-0.2, -0.15) is 5.10 Å². The first-order chi connectivity index (χ1) is 12.0. The van der Waals surface area contributed by atoms with Gasteiger partial charge in [-0.15, -0.1) is 5.10 Å². The molecule has 0 aliphatic carbocycles. The summed E-state index contributed by atoms with van der Waals surface area (Å²) >= 11 is 0. The largest absolute Gasteiger partial charge is 0.378 e. The summed E-state index contributed by atoms with van der Waals surface area (Å²) in [6, 6.07) is 1.89. The first-order valence-electron chi connectivity index (χ1n) is 7.91. The van der Waals surface area contributed by atoms with Crippen LogP contribution < -0.4 is 14.9 Å². The Labute approximate surface area is 146 Å². The van der Waals surface area contributed by atoms with Crippen molar-refractivity contribution < 1.29 is 13.2 Å². The summed E-state index contributed by atoms with van der Waals surface area (Å²) in [5, 5.41) is 11.1. The van der Waals surface area contributed by atoms with E-state index >= 15 is 0 Å². The summed E-state index contributed by atoms with van der Waals surface area (Å²) in [6.45, 7) is 3.61. The fraction of sp³-hybridized carbons (Fsp3) is 0.500. The van der Waals surface area contributed by atoms with Crippen LogP contribution in [0.3, 0.4) is 0 Å². The van der Waals surface area contributed by atoms with Crippen molar-refractivity contribution in [1.29, 1.82) is 0 Å². The lowest BCUT2D eigenvalue weighted by molar-refractivity contribution is 0.122. The molecule has 0 saturated carbocycles. The van der Waals surface area contributed by atoms with E-state index in [1.807, 2.05) is 6.07 Å². The summed E-state index contributed by atoms with van der Waals surface area (Å²) in [5.41, 5.74) is 0.967. The van der Waals surface area contributed by atoms with Gasteiger partial charge in [-0.25, -0.2) is 18.1 Å². The van der Waals surface area contributed by atoms with Crippen LogP contribution in [0.2, 0.25) is 0 Å². The quantitative estimate of drug-likeness (QED) is 0.626. The smallest absolute Gasteiger partial charge is 0.259 e. The third-order valence-electron chi connectivity index (χ3n) is 3.70. The minimum atomic E-state index is -3.60. The van der Waals surface area contributed by atoms with Crippen LogP contribution in [-0.2, 0) is 21.8 Å². The number of hydrogen-bond acceptors (Lipinski definition) is 8. The lowest BCUT2D eigenvalue weighted by Crippen LogP contribution is -2.36. The van der Waals surface area contributed by atoms with Crippen LogP contribution in [0.15, 0.2) is 29.8 Å². The van der Waals surface area contributed by atoms with Gasteiger partial charge < -0.3 is 19.5 Å². The van der Waals surface area contributed by atoms with E-state index < -0.39 is 10.0 Å². The topological polar surface area (TPSA) is 114 Å². The molecule has 0 unspecified atom stereocenters. The van der Waals surface area contributed by atoms with Crippen molar-refractivity contribution in [2.24, 2.45) is 7.05 Å². The zero-order valence-corrected chi connectivity index (χ0v) is 14.7. The molecule has 0 spiro atoms. The predicted molar refractivity (Wildman–Crippen MR) is 92.0 cm³/mol. The van der Waals surface area contributed by atoms with Gasteiger partial charge >= 0.3 is 0 Å². The molecule has 0 amide bonds. The number of aryl methyl sites for hydroxylation is 1. The molecular formula is C14H21N7O3S. The van der Waals surface area contributed by atoms with Gasteiger partial charge in [0.1, 0.15) is 0 Å². The van der Waals surface area contributed by atoms with Gasteiger partial charge in [-0.1, -0.05) is 0 Å². The number of nitrogens with zero attached hydrogens (tertiary/aromatic N) is 5. The fourth-order valence-electron chi connectivity index (χ4n) is 2.41. The minimum Gasteiger partial charge on any atom is -0.378 e. The Morgan fingerprint density at radius 1 is 1.28 bits per heavy atom. The SMILES string of the molecule is Cn1cnc(S(=O)(=O)NCCNc2cc(N3CCOCC3)cnn2)c1. The van der Waals surface area contributed by atoms with Gasteiger partial charge in [0.2, 0.25) is 0 Å². The standard InChI is InChI=1S/C14H21N7O3S/c1-20-10-14(16-11-20)25(22,23)18-3-2-15-13-8-12(9-17-19-13)21-4-6-24-7-5-21/h8-11,18H,2-7H2,1H3,(H,15,19). The van der Waals surface area contributed by atoms with E-state index in [0.717, 1.165) is 18.8 Å². The summed E-state index contributed by atoms with van der Waals surface area (Å²) in [5.74, 6) is 0.598. The maximum atomic E-state index is 12.1. The van der Waals surface area contributed by atoms with Crippen LogP contribution in [0, 0.1) is 0 Å². The fourth-order valence-corrected chi connectivity index (χ4v) is 3.42. The summed E-state index contributed by atoms with van der Waals surface area (Å²) < 4.78 is 33.5. The van der Waals surface area contributed by atoms with E-state index in [4.69, 9.17) is 4.74 Å². The van der Waals surface area contributed by atoms with E-state index in [1.54, 1.807) is 17.8 Å². The van der Waals surface area contributed by atoms with E-state index in [9.17, 15) is 8.42 Å². The van der Waals surface area contributed by atoms with Crippen molar-refractivity contribution in [3.8, 4) is 0 Å². The number of imidazole rings is 1. The van der Waals surface area contributed by atoms with Crippen LogP contribution in [0.4, 0.5) is 11.5 Å². The average molecular weight is 367 g/mol. The zero-order valence-electron chi connectivity index (χ0n) is 13.9. The normalized spacial score (nSPS) is 15.3. The number of hydrogen-bond donors (Lipinski definition) is 2. The molecule has 136 valence electrons. The first kappa shape index (κ1) is 17.6. The number of morpholine rings is 1. The van der Waals surface area contributed by atoms with Crippen molar-refractivity contribution in [3.63, 3.8) is 0 Å². The number of sulfonamides is 1. The molecule has 1 aliphatic heterocycles. The monoisotopic (exact) mass is 367 g/mol. The third-order valence-corrected chi connectivity index (χ3v) is 5.04. The van der Waals surface area contributed by atoms with E-state index in [-0.39, 0.29) is 11.6 Å². The van der Waals surface area contributed by atoms with Crippen molar-refractivity contribution >= 4 is 21.5 Å². The molecule has 1 aliphatic rings. The van der Waals surface area contributed by atoms with Gasteiger partial charge in [0.25, 0.3) is 10.0 Å². The molecule has 1 fully saturated rings. The number of rotatable bonds is 7. The Balaban J connectivity index is 1.50. The highest BCUT2D eigenvalue weighted by Gasteiger charge is 2.16. The second kappa shape index (κ2) is 7.76. The van der Waals surface area contributed by atoms with Gasteiger partial charge in [-0.3, -0.25) is 0 Å². The lowest BCUT2D eigenvalue weighted by atomic mass is 10.3. The lowest BCUT2D eigenvalue weighted by Gasteiger charge is -2.28. The van der Waals surface area contributed by atoms with Crippen LogP contribution in [0.5, 0.6) is 0 Å². The van der Waals surface area contributed by atoms with E-state index in [2.05, 4.69) is 30.1 Å². The highest BCUT2D eigenvalue weighted by atomic mass is 32.2. The molecule has 2 N–H and O–H groups in total. The van der Waals surface area contributed by atoms with Crippen molar-refractivity contribution in [2.75, 3.05) is 49.6 Å². The van der Waals surface area contributed by atoms with Gasteiger partial charge in [0.05, 0.1) is 31.4 Å². The molecule has 2 aromatic heterocycles. The highest BCUT2D eigenvalue weighted by molar-refractivity contribution is 7.89. The Morgan fingerprint density at radius 2 is 2.08 bits per heavy atom. The summed E-state index contributed by atoms with van der Waals surface area (Å²) in [4.78, 5) is 6.02. The van der Waals surface area contributed by atoms with Gasteiger partial charge in [0, 0.05) is 45.5 Å². The third kappa shape index (κ3) is 4.65. The molecule has 0 aromatic carbocycles. The molecule has 0 atom stereocenters. The zero-order chi connectivity index (χ0) is 17.7. The number of aromatic nitrogens is 4. The Bertz CT molecular complexity index is 802. The van der Waals surface area contributed by atoms with Gasteiger partial charge in [-0.05, 0) is 0 Å². The second-order valence-electron chi connectivity index (χ2n) is 5.60. The molecule has 3 heterocycles. The van der Waals surface area contributed by atoms with Gasteiger partial charge in [0.15, 0.2) is 10.8 Å². The van der Waals surface area contributed by atoms with Crippen molar-refractivity contribution in [1.82, 2.24) is 24.5 Å². The predicted octanol–water partition coefficient (Wildman–Crippen LogP) is -0.563. The molecule has 10 nitrogen and oxygen atoms in total. The molecule has 1 saturated heterocycles. The number of nitrogens with one attached hydrogen (secondary N) is 2. The van der Waals surface area contributed by atoms with Crippen LogP contribution >= 0.6 is 0 Å². The highest BCUT2D eigenvalue weighted by Crippen LogP contribution is 2.16. The number of anilines is 2.